The Hall–Kier alpha value is -2.31. The first-order valence-corrected chi connectivity index (χ1v) is 8.94. The molecule has 0 atom stereocenters. The summed E-state index contributed by atoms with van der Waals surface area (Å²) >= 11 is 6.02. The zero-order chi connectivity index (χ0) is 17.9. The summed E-state index contributed by atoms with van der Waals surface area (Å²) in [5.41, 5.74) is 2.19. The van der Waals surface area contributed by atoms with Crippen molar-refractivity contribution in [3.8, 4) is 6.07 Å². The van der Waals surface area contributed by atoms with E-state index in [1.807, 2.05) is 49.5 Å². The van der Waals surface area contributed by atoms with E-state index >= 15 is 0 Å². The molecule has 3 nitrogen and oxygen atoms in total. The second-order valence-electron chi connectivity index (χ2n) is 6.77. The van der Waals surface area contributed by atoms with Gasteiger partial charge in [-0.3, -0.25) is 4.79 Å². The topological polar surface area (TPSA) is 44.1 Å². The summed E-state index contributed by atoms with van der Waals surface area (Å²) < 4.78 is 0. The Bertz CT molecular complexity index is 801. The second kappa shape index (κ2) is 7.29. The summed E-state index contributed by atoms with van der Waals surface area (Å²) in [5.74, 6) is 0.148. The third-order valence-corrected chi connectivity index (χ3v) is 5.34. The fraction of sp³-hybridized carbons (Fsp3) is 0.333. The lowest BCUT2D eigenvalue weighted by Gasteiger charge is -2.33. The lowest BCUT2D eigenvalue weighted by Crippen LogP contribution is -2.43. The van der Waals surface area contributed by atoms with Crippen LogP contribution in [0.2, 0.25) is 5.02 Å². The van der Waals surface area contributed by atoms with Crippen LogP contribution in [0, 0.1) is 11.3 Å². The van der Waals surface area contributed by atoms with Crippen molar-refractivity contribution in [2.24, 2.45) is 0 Å². The number of carbonyl (C=O) groups excluding carboxylic acids is 1. The highest BCUT2D eigenvalue weighted by Crippen LogP contribution is 2.43. The van der Waals surface area contributed by atoms with Gasteiger partial charge in [-0.2, -0.15) is 5.26 Å². The largest absolute Gasteiger partial charge is 0.341 e. The molecule has 0 aliphatic heterocycles. The fourth-order valence-electron chi connectivity index (χ4n) is 3.82. The maximum Gasteiger partial charge on any atom is 0.233 e. The zero-order valence-electron chi connectivity index (χ0n) is 14.3. The van der Waals surface area contributed by atoms with Gasteiger partial charge in [-0.1, -0.05) is 48.7 Å². The molecule has 3 rings (SSSR count). The molecule has 1 fully saturated rings. The van der Waals surface area contributed by atoms with Gasteiger partial charge in [0.2, 0.25) is 5.91 Å². The Morgan fingerprint density at radius 2 is 1.88 bits per heavy atom. The number of hydrogen-bond donors (Lipinski definition) is 0. The lowest BCUT2D eigenvalue weighted by atomic mass is 9.77. The number of nitrogens with zero attached hydrogens (tertiary/aromatic N) is 2. The molecule has 0 spiro atoms. The molecule has 1 amide bonds. The summed E-state index contributed by atoms with van der Waals surface area (Å²) in [7, 11) is 1.84. The molecule has 2 aromatic rings. The molecule has 0 radical (unpaired) electrons. The van der Waals surface area contributed by atoms with Crippen LogP contribution in [0.15, 0.2) is 48.5 Å². The molecule has 128 valence electrons. The van der Waals surface area contributed by atoms with Gasteiger partial charge in [-0.15, -0.1) is 0 Å². The molecule has 4 heteroatoms. The summed E-state index contributed by atoms with van der Waals surface area (Å²) in [4.78, 5) is 15.1. The highest BCUT2D eigenvalue weighted by Gasteiger charge is 2.44. The predicted octanol–water partition coefficient (Wildman–Crippen LogP) is 4.68. The van der Waals surface area contributed by atoms with Crippen LogP contribution in [0.4, 0.5) is 0 Å². The third kappa shape index (κ3) is 3.55. The van der Waals surface area contributed by atoms with E-state index in [1.54, 1.807) is 11.0 Å². The third-order valence-electron chi connectivity index (χ3n) is 5.09. The van der Waals surface area contributed by atoms with Gasteiger partial charge in [0.05, 0.1) is 17.0 Å². The van der Waals surface area contributed by atoms with Crippen molar-refractivity contribution in [1.82, 2.24) is 4.90 Å². The molecule has 2 aromatic carbocycles. The van der Waals surface area contributed by atoms with Crippen molar-refractivity contribution in [2.45, 2.75) is 37.6 Å². The van der Waals surface area contributed by atoms with E-state index in [0.29, 0.717) is 17.1 Å². The first-order chi connectivity index (χ1) is 12.0. The van der Waals surface area contributed by atoms with Gasteiger partial charge in [-0.25, -0.2) is 0 Å². The normalized spacial score (nSPS) is 15.6. The molecule has 0 saturated heterocycles. The molecule has 0 bridgehead atoms. The molecule has 0 N–H and O–H groups in total. The van der Waals surface area contributed by atoms with Gasteiger partial charge < -0.3 is 4.90 Å². The average Bonchev–Trinajstić information content (AvgIpc) is 3.12. The first-order valence-electron chi connectivity index (χ1n) is 8.56. The number of rotatable bonds is 4. The standard InChI is InChI=1S/C21H21ClN2O/c1-24(15-17-6-4-5-16(13-17)14-23)20(25)21(11-2-3-12-21)18-7-9-19(22)10-8-18/h4-10,13H,2-3,11-12,15H2,1H3. The van der Waals surface area contributed by atoms with Crippen molar-refractivity contribution in [3.63, 3.8) is 0 Å². The number of likely N-dealkylation sites (N-methyl/N-ethyl adjacent to an activating group) is 1. The maximum atomic E-state index is 13.3. The van der Waals surface area contributed by atoms with Crippen LogP contribution in [0.5, 0.6) is 0 Å². The number of nitriles is 1. The predicted molar refractivity (Wildman–Crippen MR) is 99.2 cm³/mol. The highest BCUT2D eigenvalue weighted by molar-refractivity contribution is 6.30. The minimum absolute atomic E-state index is 0.148. The van der Waals surface area contributed by atoms with Crippen LogP contribution < -0.4 is 0 Å². The van der Waals surface area contributed by atoms with Crippen LogP contribution in [-0.2, 0) is 16.8 Å². The minimum atomic E-state index is -0.452. The highest BCUT2D eigenvalue weighted by atomic mass is 35.5. The van der Waals surface area contributed by atoms with Crippen molar-refractivity contribution in [1.29, 1.82) is 5.26 Å². The lowest BCUT2D eigenvalue weighted by molar-refractivity contribution is -0.136. The number of benzene rings is 2. The maximum absolute atomic E-state index is 13.3. The van der Waals surface area contributed by atoms with E-state index < -0.39 is 5.41 Å². The summed E-state index contributed by atoms with van der Waals surface area (Å²) in [6, 6.07) is 17.3. The van der Waals surface area contributed by atoms with E-state index in [1.165, 1.54) is 0 Å². The molecule has 1 aliphatic rings. The van der Waals surface area contributed by atoms with Crippen molar-refractivity contribution in [3.05, 3.63) is 70.2 Å². The Labute approximate surface area is 153 Å². The molecular formula is C21H21ClN2O. The van der Waals surface area contributed by atoms with Gasteiger partial charge in [0, 0.05) is 18.6 Å². The summed E-state index contributed by atoms with van der Waals surface area (Å²) in [6.07, 6.45) is 3.87. The molecule has 1 aliphatic carbocycles. The van der Waals surface area contributed by atoms with E-state index in [4.69, 9.17) is 16.9 Å². The van der Waals surface area contributed by atoms with E-state index in [0.717, 1.165) is 36.8 Å². The smallest absolute Gasteiger partial charge is 0.233 e. The van der Waals surface area contributed by atoms with Gasteiger partial charge in [0.1, 0.15) is 0 Å². The summed E-state index contributed by atoms with van der Waals surface area (Å²) in [5, 5.41) is 9.73. The van der Waals surface area contributed by atoms with Gasteiger partial charge in [0.25, 0.3) is 0 Å². The van der Waals surface area contributed by atoms with Gasteiger partial charge in [0.15, 0.2) is 0 Å². The van der Waals surface area contributed by atoms with E-state index in [2.05, 4.69) is 6.07 Å². The quantitative estimate of drug-likeness (QED) is 0.801. The molecule has 0 heterocycles. The molecule has 0 aromatic heterocycles. The number of amides is 1. The monoisotopic (exact) mass is 352 g/mol. The van der Waals surface area contributed by atoms with Crippen LogP contribution >= 0.6 is 11.6 Å². The first kappa shape index (κ1) is 17.5. The second-order valence-corrected chi connectivity index (χ2v) is 7.21. The summed E-state index contributed by atoms with van der Waals surface area (Å²) in [6.45, 7) is 0.504. The van der Waals surface area contributed by atoms with Crippen LogP contribution in [-0.4, -0.2) is 17.9 Å². The fourth-order valence-corrected chi connectivity index (χ4v) is 3.95. The average molecular weight is 353 g/mol. The molecule has 25 heavy (non-hydrogen) atoms. The zero-order valence-corrected chi connectivity index (χ0v) is 15.1. The Morgan fingerprint density at radius 3 is 2.52 bits per heavy atom. The van der Waals surface area contributed by atoms with Crippen molar-refractivity contribution < 1.29 is 4.79 Å². The Kier molecular flexibility index (Phi) is 5.11. The van der Waals surface area contributed by atoms with Crippen molar-refractivity contribution in [2.75, 3.05) is 7.05 Å². The van der Waals surface area contributed by atoms with Crippen LogP contribution in [0.25, 0.3) is 0 Å². The van der Waals surface area contributed by atoms with Gasteiger partial charge >= 0.3 is 0 Å². The van der Waals surface area contributed by atoms with Crippen LogP contribution in [0.3, 0.4) is 0 Å². The Morgan fingerprint density at radius 1 is 1.20 bits per heavy atom. The van der Waals surface area contributed by atoms with E-state index in [9.17, 15) is 4.79 Å². The van der Waals surface area contributed by atoms with Gasteiger partial charge in [-0.05, 0) is 48.2 Å². The Balaban J connectivity index is 1.85. The number of halogens is 1. The molecule has 0 unspecified atom stereocenters. The SMILES string of the molecule is CN(Cc1cccc(C#N)c1)C(=O)C1(c2ccc(Cl)cc2)CCCC1. The van der Waals surface area contributed by atoms with E-state index in [-0.39, 0.29) is 5.91 Å². The van der Waals surface area contributed by atoms with Crippen molar-refractivity contribution >= 4 is 17.5 Å². The van der Waals surface area contributed by atoms with Crippen LogP contribution in [0.1, 0.15) is 42.4 Å². The number of carbonyl (C=O) groups is 1. The molecule has 1 saturated carbocycles. The minimum Gasteiger partial charge on any atom is -0.341 e. The number of hydrogen-bond acceptors (Lipinski definition) is 2. The molecular weight excluding hydrogens is 332 g/mol.